The summed E-state index contributed by atoms with van der Waals surface area (Å²) < 4.78 is 4.53. The van der Waals surface area contributed by atoms with Crippen LogP contribution >= 0.6 is 0 Å². The van der Waals surface area contributed by atoms with E-state index in [4.69, 9.17) is 0 Å². The number of aryl methyl sites for hydroxylation is 4. The average molecular weight is 591 g/mol. The molecule has 6 aromatic carbocycles. The monoisotopic (exact) mass is 590 g/mol. The summed E-state index contributed by atoms with van der Waals surface area (Å²) in [5, 5.41) is 25.6. The fraction of sp³-hybridized carbons (Fsp3) is 0.0952. The molecule has 0 atom stereocenters. The first-order valence-corrected chi connectivity index (χ1v) is 15.5. The largest absolute Gasteiger partial charge is 0.308 e. The average Bonchev–Trinajstić information content (AvgIpc) is 3.54. The Balaban J connectivity index is 1.60. The molecule has 0 amide bonds. The summed E-state index contributed by atoms with van der Waals surface area (Å²) in [6, 6.07) is 43.0. The molecule has 0 aliphatic heterocycles. The molecule has 0 N–H and O–H groups in total. The molecular formula is C42H30N4. The van der Waals surface area contributed by atoms with Gasteiger partial charge < -0.3 is 9.13 Å². The van der Waals surface area contributed by atoms with Crippen LogP contribution in [0.15, 0.2) is 109 Å². The molecule has 0 unspecified atom stereocenters. The highest BCUT2D eigenvalue weighted by atomic mass is 15.0. The molecule has 0 radical (unpaired) electrons. The molecule has 0 fully saturated rings. The van der Waals surface area contributed by atoms with Crippen molar-refractivity contribution in [3.05, 3.63) is 143 Å². The van der Waals surface area contributed by atoms with Gasteiger partial charge in [0.25, 0.3) is 0 Å². The smallest absolute Gasteiger partial charge is 0.104 e. The van der Waals surface area contributed by atoms with E-state index in [1.54, 1.807) is 0 Å². The third-order valence-electron chi connectivity index (χ3n) is 9.19. The van der Waals surface area contributed by atoms with Gasteiger partial charge >= 0.3 is 0 Å². The zero-order valence-corrected chi connectivity index (χ0v) is 26.2. The number of nitrogens with zero attached hydrogens (tertiary/aromatic N) is 4. The van der Waals surface area contributed by atoms with Crippen molar-refractivity contribution in [1.29, 1.82) is 10.5 Å². The lowest BCUT2D eigenvalue weighted by Crippen LogP contribution is -2.06. The number of fused-ring (bicyclic) bond motifs is 6. The molecule has 46 heavy (non-hydrogen) atoms. The summed E-state index contributed by atoms with van der Waals surface area (Å²) >= 11 is 0. The molecule has 8 aromatic rings. The van der Waals surface area contributed by atoms with Crippen LogP contribution in [0.25, 0.3) is 66.1 Å². The van der Waals surface area contributed by atoms with E-state index in [0.717, 1.165) is 88.4 Å². The van der Waals surface area contributed by atoms with Crippen molar-refractivity contribution in [3.63, 3.8) is 0 Å². The Labute approximate surface area is 267 Å². The van der Waals surface area contributed by atoms with E-state index in [9.17, 15) is 10.5 Å². The van der Waals surface area contributed by atoms with E-state index < -0.39 is 0 Å². The van der Waals surface area contributed by atoms with Crippen molar-refractivity contribution in [3.8, 4) is 34.6 Å². The van der Waals surface area contributed by atoms with E-state index >= 15 is 0 Å². The predicted octanol–water partition coefficient (Wildman–Crippen LogP) is 10.5. The van der Waals surface area contributed by atoms with Crippen LogP contribution in [0, 0.1) is 50.4 Å². The van der Waals surface area contributed by atoms with Crippen LogP contribution in [0.3, 0.4) is 0 Å². The number of rotatable bonds is 3. The summed E-state index contributed by atoms with van der Waals surface area (Å²) in [6.45, 7) is 8.43. The second-order valence-electron chi connectivity index (χ2n) is 12.4. The number of hydrogen-bond acceptors (Lipinski definition) is 2. The maximum absolute atomic E-state index is 11.2. The minimum Gasteiger partial charge on any atom is -0.308 e. The normalized spacial score (nSPS) is 11.4. The van der Waals surface area contributed by atoms with Gasteiger partial charge in [-0.1, -0.05) is 66.7 Å². The molecule has 2 aromatic heterocycles. The lowest BCUT2D eigenvalue weighted by molar-refractivity contribution is 1.11. The first kappa shape index (κ1) is 27.4. The van der Waals surface area contributed by atoms with Crippen molar-refractivity contribution in [1.82, 2.24) is 9.13 Å². The maximum Gasteiger partial charge on any atom is 0.104 e. The van der Waals surface area contributed by atoms with Crippen molar-refractivity contribution in [2.45, 2.75) is 27.7 Å². The zero-order chi connectivity index (χ0) is 31.7. The Morgan fingerprint density at radius 2 is 0.957 bits per heavy atom. The second-order valence-corrected chi connectivity index (χ2v) is 12.4. The lowest BCUT2D eigenvalue weighted by atomic mass is 9.97. The lowest BCUT2D eigenvalue weighted by Gasteiger charge is -2.20. The Kier molecular flexibility index (Phi) is 6.11. The van der Waals surface area contributed by atoms with Crippen molar-refractivity contribution < 1.29 is 0 Å². The van der Waals surface area contributed by atoms with E-state index in [0.29, 0.717) is 11.1 Å². The highest BCUT2D eigenvalue weighted by Gasteiger charge is 2.24. The fourth-order valence-corrected chi connectivity index (χ4v) is 7.08. The number of aromatic nitrogens is 2. The number of hydrogen-bond donors (Lipinski definition) is 0. The Morgan fingerprint density at radius 3 is 1.41 bits per heavy atom. The molecule has 0 spiro atoms. The quantitative estimate of drug-likeness (QED) is 0.206. The van der Waals surface area contributed by atoms with Gasteiger partial charge in [0, 0.05) is 27.1 Å². The molecule has 0 saturated carbocycles. The van der Waals surface area contributed by atoms with Gasteiger partial charge in [-0.15, -0.1) is 0 Å². The Morgan fingerprint density at radius 1 is 0.478 bits per heavy atom. The van der Waals surface area contributed by atoms with Crippen LogP contribution in [0.5, 0.6) is 0 Å². The topological polar surface area (TPSA) is 57.4 Å². The second kappa shape index (κ2) is 10.2. The molecule has 4 nitrogen and oxygen atoms in total. The third-order valence-corrected chi connectivity index (χ3v) is 9.19. The van der Waals surface area contributed by atoms with Gasteiger partial charge in [-0.25, -0.2) is 0 Å². The molecular weight excluding hydrogens is 560 g/mol. The molecule has 0 aliphatic carbocycles. The van der Waals surface area contributed by atoms with Crippen LogP contribution in [0.2, 0.25) is 0 Å². The van der Waals surface area contributed by atoms with E-state index in [2.05, 4.69) is 134 Å². The van der Waals surface area contributed by atoms with Gasteiger partial charge in [0.2, 0.25) is 0 Å². The summed E-state index contributed by atoms with van der Waals surface area (Å²) in [5.74, 6) is 0. The van der Waals surface area contributed by atoms with Crippen molar-refractivity contribution >= 4 is 43.6 Å². The molecule has 4 heteroatoms. The molecule has 2 heterocycles. The zero-order valence-electron chi connectivity index (χ0n) is 26.2. The number of nitriles is 2. The van der Waals surface area contributed by atoms with Gasteiger partial charge in [0.1, 0.15) is 11.6 Å². The van der Waals surface area contributed by atoms with Gasteiger partial charge in [0.05, 0.1) is 45.1 Å². The van der Waals surface area contributed by atoms with Crippen LogP contribution in [0.4, 0.5) is 0 Å². The van der Waals surface area contributed by atoms with Crippen LogP contribution in [0.1, 0.15) is 33.4 Å². The van der Waals surface area contributed by atoms with Crippen LogP contribution < -0.4 is 0 Å². The summed E-state index contributed by atoms with van der Waals surface area (Å²) in [5.41, 5.74) is 13.4. The minimum atomic E-state index is 0.573. The molecule has 0 bridgehead atoms. The summed E-state index contributed by atoms with van der Waals surface area (Å²) in [7, 11) is 0. The van der Waals surface area contributed by atoms with Crippen molar-refractivity contribution in [2.75, 3.05) is 0 Å². The Bertz CT molecular complexity index is 2530. The molecule has 218 valence electrons. The van der Waals surface area contributed by atoms with E-state index in [1.165, 1.54) is 0 Å². The predicted molar refractivity (Wildman–Crippen MR) is 189 cm³/mol. The molecule has 0 saturated heterocycles. The number of benzene rings is 6. The van der Waals surface area contributed by atoms with Gasteiger partial charge in [-0.05, 0) is 98.0 Å². The summed E-state index contributed by atoms with van der Waals surface area (Å²) in [6.07, 6.45) is 0. The fourth-order valence-electron chi connectivity index (χ4n) is 7.08. The van der Waals surface area contributed by atoms with E-state index in [-0.39, 0.29) is 0 Å². The molecule has 0 aliphatic rings. The minimum absolute atomic E-state index is 0.573. The standard InChI is InChI=1S/C42H30N4/c1-25-8-12-32-33-13-9-26(2)19-39(33)45(38(32)18-25)37-17-16-31(30-7-5-6-29(22-30)23-43)42(36(37)24-44)46-40-20-27(3)10-14-34(40)35-15-11-28(4)21-41(35)46/h5-22H,1-4H3. The first-order chi connectivity index (χ1) is 22.4. The van der Waals surface area contributed by atoms with Crippen LogP contribution in [-0.2, 0) is 0 Å². The molecule has 8 rings (SSSR count). The Hall–Kier alpha value is -6.10. The van der Waals surface area contributed by atoms with Gasteiger partial charge in [0.15, 0.2) is 0 Å². The SMILES string of the molecule is Cc1ccc2c3ccc(C)cc3n(-c3ccc(-c4cccc(C#N)c4)c(-n4c5cc(C)ccc5c5ccc(C)cc54)c3C#N)c2c1. The first-order valence-electron chi connectivity index (χ1n) is 15.5. The van der Waals surface area contributed by atoms with Crippen molar-refractivity contribution in [2.24, 2.45) is 0 Å². The highest BCUT2D eigenvalue weighted by molar-refractivity contribution is 6.12. The summed E-state index contributed by atoms with van der Waals surface area (Å²) in [4.78, 5) is 0. The third kappa shape index (κ3) is 4.05. The highest BCUT2D eigenvalue weighted by Crippen LogP contribution is 2.42. The van der Waals surface area contributed by atoms with Crippen LogP contribution in [-0.4, -0.2) is 9.13 Å². The van der Waals surface area contributed by atoms with Gasteiger partial charge in [-0.3, -0.25) is 0 Å². The van der Waals surface area contributed by atoms with E-state index in [1.807, 2.05) is 24.3 Å². The maximum atomic E-state index is 11.2. The van der Waals surface area contributed by atoms with Gasteiger partial charge in [-0.2, -0.15) is 10.5 Å².